The molecule has 0 aliphatic carbocycles. The molecule has 18 heavy (non-hydrogen) atoms. The van der Waals surface area contributed by atoms with Gasteiger partial charge in [-0.1, -0.05) is 13.8 Å². The molecular formula is C13H27N3O2. The first-order valence-corrected chi connectivity index (χ1v) is 7.04. The molecule has 0 spiro atoms. The van der Waals surface area contributed by atoms with Crippen LogP contribution in [0.15, 0.2) is 0 Å². The Morgan fingerprint density at radius 2 is 2.33 bits per heavy atom. The summed E-state index contributed by atoms with van der Waals surface area (Å²) in [5.41, 5.74) is 5.40. The highest BCUT2D eigenvalue weighted by Gasteiger charge is 2.21. The first kappa shape index (κ1) is 15.4. The third kappa shape index (κ3) is 5.33. The number of primary amides is 1. The summed E-state index contributed by atoms with van der Waals surface area (Å²) in [6.07, 6.45) is 3.18. The van der Waals surface area contributed by atoms with Gasteiger partial charge in [-0.15, -0.1) is 0 Å². The molecule has 1 aliphatic rings. The van der Waals surface area contributed by atoms with Gasteiger partial charge in [-0.2, -0.15) is 0 Å². The van der Waals surface area contributed by atoms with Crippen molar-refractivity contribution in [2.75, 3.05) is 32.8 Å². The van der Waals surface area contributed by atoms with Crippen molar-refractivity contribution in [2.45, 2.75) is 45.3 Å². The molecule has 1 amide bonds. The van der Waals surface area contributed by atoms with Crippen molar-refractivity contribution in [3.8, 4) is 0 Å². The van der Waals surface area contributed by atoms with Crippen LogP contribution in [0, 0.1) is 0 Å². The fourth-order valence-electron chi connectivity index (χ4n) is 2.21. The fraction of sp³-hybridized carbons (Fsp3) is 0.923. The van der Waals surface area contributed by atoms with Gasteiger partial charge in [0.25, 0.3) is 0 Å². The third-order valence-corrected chi connectivity index (χ3v) is 3.40. The second-order valence-electron chi connectivity index (χ2n) is 4.90. The van der Waals surface area contributed by atoms with Gasteiger partial charge in [-0.05, 0) is 25.8 Å². The molecule has 2 atom stereocenters. The quantitative estimate of drug-likeness (QED) is 0.658. The van der Waals surface area contributed by atoms with E-state index in [4.69, 9.17) is 10.5 Å². The SMILES string of the molecule is CCCNC(CCN1CCOC(CC)C1)C(N)=O. The maximum absolute atomic E-state index is 11.3. The minimum Gasteiger partial charge on any atom is -0.376 e. The molecule has 0 saturated carbocycles. The highest BCUT2D eigenvalue weighted by Crippen LogP contribution is 2.09. The van der Waals surface area contributed by atoms with E-state index < -0.39 is 0 Å². The fourth-order valence-corrected chi connectivity index (χ4v) is 2.21. The molecule has 1 aliphatic heterocycles. The summed E-state index contributed by atoms with van der Waals surface area (Å²) in [6.45, 7) is 8.69. The zero-order valence-corrected chi connectivity index (χ0v) is 11.7. The number of nitrogens with two attached hydrogens (primary N) is 1. The van der Waals surface area contributed by atoms with Crippen LogP contribution < -0.4 is 11.1 Å². The van der Waals surface area contributed by atoms with E-state index in [9.17, 15) is 4.79 Å². The van der Waals surface area contributed by atoms with Gasteiger partial charge >= 0.3 is 0 Å². The number of carbonyl (C=O) groups excluding carboxylic acids is 1. The second-order valence-corrected chi connectivity index (χ2v) is 4.90. The van der Waals surface area contributed by atoms with Crippen LogP contribution in [0.4, 0.5) is 0 Å². The maximum Gasteiger partial charge on any atom is 0.234 e. The average Bonchev–Trinajstić information content (AvgIpc) is 2.38. The van der Waals surface area contributed by atoms with Crippen molar-refractivity contribution >= 4 is 5.91 Å². The number of carbonyl (C=O) groups is 1. The van der Waals surface area contributed by atoms with Crippen LogP contribution >= 0.6 is 0 Å². The van der Waals surface area contributed by atoms with Crippen molar-refractivity contribution in [1.29, 1.82) is 0 Å². The van der Waals surface area contributed by atoms with Crippen molar-refractivity contribution in [2.24, 2.45) is 5.73 Å². The Kier molecular flexibility index (Phi) is 7.23. The van der Waals surface area contributed by atoms with Crippen LogP contribution in [0.1, 0.15) is 33.1 Å². The molecule has 0 aromatic carbocycles. The molecule has 5 heteroatoms. The number of hydrogen-bond donors (Lipinski definition) is 2. The van der Waals surface area contributed by atoms with Crippen LogP contribution in [0.3, 0.4) is 0 Å². The van der Waals surface area contributed by atoms with E-state index in [1.54, 1.807) is 0 Å². The van der Waals surface area contributed by atoms with E-state index in [-0.39, 0.29) is 11.9 Å². The Hall–Kier alpha value is -0.650. The summed E-state index contributed by atoms with van der Waals surface area (Å²) >= 11 is 0. The number of nitrogens with one attached hydrogen (secondary N) is 1. The molecule has 3 N–H and O–H groups in total. The number of morpholine rings is 1. The monoisotopic (exact) mass is 257 g/mol. The molecule has 1 saturated heterocycles. The molecule has 106 valence electrons. The van der Waals surface area contributed by atoms with Crippen LogP contribution in [-0.4, -0.2) is 55.7 Å². The molecule has 1 heterocycles. The minimum atomic E-state index is -0.247. The van der Waals surface area contributed by atoms with E-state index in [0.717, 1.165) is 52.0 Å². The summed E-state index contributed by atoms with van der Waals surface area (Å²) in [6, 6.07) is -0.201. The van der Waals surface area contributed by atoms with Crippen LogP contribution in [0.2, 0.25) is 0 Å². The Morgan fingerprint density at radius 3 is 2.94 bits per heavy atom. The Morgan fingerprint density at radius 1 is 1.56 bits per heavy atom. The molecule has 1 fully saturated rings. The summed E-state index contributed by atoms with van der Waals surface area (Å²) < 4.78 is 5.63. The highest BCUT2D eigenvalue weighted by atomic mass is 16.5. The van der Waals surface area contributed by atoms with Gasteiger partial charge in [0.15, 0.2) is 0 Å². The normalized spacial score (nSPS) is 22.9. The summed E-state index contributed by atoms with van der Waals surface area (Å²) in [7, 11) is 0. The van der Waals surface area contributed by atoms with Crippen molar-refractivity contribution in [1.82, 2.24) is 10.2 Å². The van der Waals surface area contributed by atoms with Crippen LogP contribution in [0.25, 0.3) is 0 Å². The zero-order valence-electron chi connectivity index (χ0n) is 11.7. The van der Waals surface area contributed by atoms with Crippen molar-refractivity contribution in [3.63, 3.8) is 0 Å². The van der Waals surface area contributed by atoms with E-state index >= 15 is 0 Å². The van der Waals surface area contributed by atoms with Crippen LogP contribution in [0.5, 0.6) is 0 Å². The van der Waals surface area contributed by atoms with Crippen molar-refractivity contribution < 1.29 is 9.53 Å². The number of hydrogen-bond acceptors (Lipinski definition) is 4. The number of amides is 1. The number of ether oxygens (including phenoxy) is 1. The van der Waals surface area contributed by atoms with Gasteiger partial charge < -0.3 is 15.8 Å². The van der Waals surface area contributed by atoms with Crippen molar-refractivity contribution in [3.05, 3.63) is 0 Å². The summed E-state index contributed by atoms with van der Waals surface area (Å²) in [5.74, 6) is -0.247. The number of nitrogens with zero attached hydrogens (tertiary/aromatic N) is 1. The highest BCUT2D eigenvalue weighted by molar-refractivity contribution is 5.79. The second kappa shape index (κ2) is 8.45. The summed E-state index contributed by atoms with van der Waals surface area (Å²) in [5, 5.41) is 3.20. The molecule has 1 rings (SSSR count). The van der Waals surface area contributed by atoms with Gasteiger partial charge in [-0.3, -0.25) is 9.69 Å². The van der Waals surface area contributed by atoms with Gasteiger partial charge in [0.05, 0.1) is 18.8 Å². The van der Waals surface area contributed by atoms with Gasteiger partial charge in [-0.25, -0.2) is 0 Å². The minimum absolute atomic E-state index is 0.201. The zero-order chi connectivity index (χ0) is 13.4. The third-order valence-electron chi connectivity index (χ3n) is 3.40. The molecule has 0 radical (unpaired) electrons. The predicted octanol–water partition coefficient (Wildman–Crippen LogP) is 0.341. The first-order chi connectivity index (χ1) is 8.67. The molecule has 0 aromatic rings. The smallest absolute Gasteiger partial charge is 0.234 e. The van der Waals surface area contributed by atoms with Gasteiger partial charge in [0.1, 0.15) is 0 Å². The van der Waals surface area contributed by atoms with Crippen LogP contribution in [-0.2, 0) is 9.53 Å². The largest absolute Gasteiger partial charge is 0.376 e. The lowest BCUT2D eigenvalue weighted by atomic mass is 10.1. The van der Waals surface area contributed by atoms with Gasteiger partial charge in [0, 0.05) is 19.6 Å². The number of rotatable bonds is 8. The topological polar surface area (TPSA) is 67.6 Å². The molecule has 5 nitrogen and oxygen atoms in total. The lowest BCUT2D eigenvalue weighted by Crippen LogP contribution is -2.47. The Bertz CT molecular complexity index is 248. The van der Waals surface area contributed by atoms with E-state index in [0.29, 0.717) is 6.10 Å². The summed E-state index contributed by atoms with van der Waals surface area (Å²) in [4.78, 5) is 13.7. The Balaban J connectivity index is 2.30. The first-order valence-electron chi connectivity index (χ1n) is 7.04. The van der Waals surface area contributed by atoms with E-state index in [1.807, 2.05) is 0 Å². The lowest BCUT2D eigenvalue weighted by Gasteiger charge is -2.33. The maximum atomic E-state index is 11.3. The molecule has 0 bridgehead atoms. The Labute approximate surface area is 110 Å². The standard InChI is InChI=1S/C13H27N3O2/c1-3-6-15-12(13(14)17)5-7-16-8-9-18-11(4-2)10-16/h11-12,15H,3-10H2,1-2H3,(H2,14,17). The molecule has 0 aromatic heterocycles. The molecular weight excluding hydrogens is 230 g/mol. The predicted molar refractivity (Wildman–Crippen MR) is 72.4 cm³/mol. The van der Waals surface area contributed by atoms with E-state index in [2.05, 4.69) is 24.1 Å². The van der Waals surface area contributed by atoms with Gasteiger partial charge in [0.2, 0.25) is 5.91 Å². The molecule has 2 unspecified atom stereocenters. The van der Waals surface area contributed by atoms with E-state index in [1.165, 1.54) is 0 Å². The lowest BCUT2D eigenvalue weighted by molar-refractivity contribution is -0.120. The average molecular weight is 257 g/mol.